The number of fused-ring (bicyclic) bond motifs is 1. The maximum absolute atomic E-state index is 13.3. The molecule has 0 N–H and O–H groups in total. The largest absolute Gasteiger partial charge is 0.271 e. The molecule has 0 bridgehead atoms. The van der Waals surface area contributed by atoms with E-state index in [2.05, 4.69) is 16.1 Å². The minimum atomic E-state index is -3.63. The number of aryl methyl sites for hydroxylation is 2. The minimum Gasteiger partial charge on any atom is -0.271 e. The zero-order valence-electron chi connectivity index (χ0n) is 15.0. The molecule has 0 atom stereocenters. The Morgan fingerprint density at radius 2 is 1.77 bits per heavy atom. The monoisotopic (exact) mass is 368 g/mol. The number of hydrogen-bond acceptors (Lipinski definition) is 4. The lowest BCUT2D eigenvalue weighted by atomic mass is 10.0. The highest BCUT2D eigenvalue weighted by Crippen LogP contribution is 2.36. The van der Waals surface area contributed by atoms with Crippen LogP contribution in [-0.4, -0.2) is 29.7 Å². The van der Waals surface area contributed by atoms with Gasteiger partial charge >= 0.3 is 0 Å². The quantitative estimate of drug-likeness (QED) is 0.713. The van der Waals surface area contributed by atoms with Crippen LogP contribution in [0.3, 0.4) is 0 Å². The predicted octanol–water partition coefficient (Wildman–Crippen LogP) is 2.85. The molecule has 6 nitrogen and oxygen atoms in total. The summed E-state index contributed by atoms with van der Waals surface area (Å²) >= 11 is 0. The summed E-state index contributed by atoms with van der Waals surface area (Å²) in [6.45, 7) is 3.98. The summed E-state index contributed by atoms with van der Waals surface area (Å²) in [5.41, 5.74) is 5.13. The lowest BCUT2D eigenvalue weighted by molar-refractivity contribution is 0.590. The number of benzene rings is 1. The van der Waals surface area contributed by atoms with Crippen LogP contribution in [0.25, 0.3) is 11.1 Å². The van der Waals surface area contributed by atoms with E-state index in [1.807, 2.05) is 24.3 Å². The van der Waals surface area contributed by atoms with Crippen molar-refractivity contribution >= 4 is 15.7 Å². The van der Waals surface area contributed by atoms with Crippen molar-refractivity contribution in [3.63, 3.8) is 0 Å². The summed E-state index contributed by atoms with van der Waals surface area (Å²) in [5.74, 6) is 0. The van der Waals surface area contributed by atoms with E-state index in [0.29, 0.717) is 29.2 Å². The number of nitrogens with zero attached hydrogens (tertiary/aromatic N) is 4. The maximum Gasteiger partial charge on any atom is 0.268 e. The third-order valence-electron chi connectivity index (χ3n) is 4.94. The Kier molecular flexibility index (Phi) is 3.84. The molecule has 3 aromatic rings. The summed E-state index contributed by atoms with van der Waals surface area (Å²) in [5, 5.41) is 4.26. The smallest absolute Gasteiger partial charge is 0.268 e. The van der Waals surface area contributed by atoms with E-state index in [1.165, 1.54) is 4.31 Å². The molecule has 0 saturated heterocycles. The molecule has 4 rings (SSSR count). The van der Waals surface area contributed by atoms with Gasteiger partial charge in [-0.05, 0) is 61.2 Å². The molecule has 0 saturated carbocycles. The first-order valence-electron chi connectivity index (χ1n) is 8.46. The van der Waals surface area contributed by atoms with Gasteiger partial charge < -0.3 is 0 Å². The fourth-order valence-corrected chi connectivity index (χ4v) is 5.49. The molecule has 7 heteroatoms. The summed E-state index contributed by atoms with van der Waals surface area (Å²) in [7, 11) is -1.87. The van der Waals surface area contributed by atoms with Gasteiger partial charge in [-0.2, -0.15) is 5.10 Å². The number of hydrogen-bond donors (Lipinski definition) is 0. The van der Waals surface area contributed by atoms with Gasteiger partial charge in [0.2, 0.25) is 0 Å². The van der Waals surface area contributed by atoms with Crippen LogP contribution in [0, 0.1) is 13.8 Å². The number of rotatable bonds is 3. The fraction of sp³-hybridized carbons (Fsp3) is 0.263. The van der Waals surface area contributed by atoms with E-state index >= 15 is 0 Å². The lowest BCUT2D eigenvalue weighted by Crippen LogP contribution is -2.30. The van der Waals surface area contributed by atoms with Crippen molar-refractivity contribution in [1.29, 1.82) is 0 Å². The maximum atomic E-state index is 13.3. The third kappa shape index (κ3) is 2.50. The highest BCUT2D eigenvalue weighted by Gasteiger charge is 2.34. The number of anilines is 1. The molecule has 1 aliphatic heterocycles. The molecule has 2 aromatic heterocycles. The minimum absolute atomic E-state index is 0.311. The Morgan fingerprint density at radius 3 is 2.42 bits per heavy atom. The van der Waals surface area contributed by atoms with Gasteiger partial charge in [0, 0.05) is 26.0 Å². The van der Waals surface area contributed by atoms with E-state index in [1.54, 1.807) is 38.0 Å². The zero-order chi connectivity index (χ0) is 18.5. The average molecular weight is 368 g/mol. The van der Waals surface area contributed by atoms with Gasteiger partial charge in [0.05, 0.1) is 17.1 Å². The number of sulfonamides is 1. The summed E-state index contributed by atoms with van der Waals surface area (Å²) in [6, 6.07) is 9.84. The second-order valence-corrected chi connectivity index (χ2v) is 8.33. The molecule has 1 aliphatic rings. The SMILES string of the molecule is Cc1nn(C)c(C)c1S(=O)(=O)N1CCc2cc(-c3ccncc3)ccc21. The molecule has 0 aliphatic carbocycles. The van der Waals surface area contributed by atoms with E-state index < -0.39 is 10.0 Å². The summed E-state index contributed by atoms with van der Waals surface area (Å²) < 4.78 is 29.7. The fourth-order valence-electron chi connectivity index (χ4n) is 3.58. The van der Waals surface area contributed by atoms with E-state index in [9.17, 15) is 8.42 Å². The van der Waals surface area contributed by atoms with Gasteiger partial charge in [0.1, 0.15) is 4.90 Å². The predicted molar refractivity (Wildman–Crippen MR) is 101 cm³/mol. The summed E-state index contributed by atoms with van der Waals surface area (Å²) in [4.78, 5) is 4.36. The van der Waals surface area contributed by atoms with Crippen molar-refractivity contribution in [2.75, 3.05) is 10.8 Å². The van der Waals surface area contributed by atoms with Crippen molar-refractivity contribution in [2.24, 2.45) is 7.05 Å². The van der Waals surface area contributed by atoms with Gasteiger partial charge in [-0.3, -0.25) is 14.0 Å². The van der Waals surface area contributed by atoms with E-state index in [-0.39, 0.29) is 0 Å². The Balaban J connectivity index is 1.77. The molecule has 1 aromatic carbocycles. The van der Waals surface area contributed by atoms with Gasteiger partial charge in [-0.15, -0.1) is 0 Å². The molecule has 0 radical (unpaired) electrons. The molecule has 26 heavy (non-hydrogen) atoms. The molecule has 134 valence electrons. The van der Waals surface area contributed by atoms with Crippen LogP contribution < -0.4 is 4.31 Å². The van der Waals surface area contributed by atoms with Crippen LogP contribution in [-0.2, 0) is 23.5 Å². The van der Waals surface area contributed by atoms with Crippen molar-refractivity contribution in [3.05, 3.63) is 59.7 Å². The standard InChI is InChI=1S/C19H20N4O2S/c1-13-19(14(2)22(3)21-13)26(24,25)23-11-8-17-12-16(4-5-18(17)23)15-6-9-20-10-7-15/h4-7,9-10,12H,8,11H2,1-3H3. The van der Waals surface area contributed by atoms with Crippen LogP contribution in [0.5, 0.6) is 0 Å². The molecule has 0 amide bonds. The Labute approximate surface area is 153 Å². The second-order valence-electron chi connectivity index (χ2n) is 6.53. The van der Waals surface area contributed by atoms with Gasteiger partial charge in [0.15, 0.2) is 0 Å². The van der Waals surface area contributed by atoms with Gasteiger partial charge in [-0.25, -0.2) is 8.42 Å². The van der Waals surface area contributed by atoms with E-state index in [4.69, 9.17) is 0 Å². The van der Waals surface area contributed by atoms with Crippen molar-refractivity contribution < 1.29 is 8.42 Å². The van der Waals surface area contributed by atoms with Crippen molar-refractivity contribution in [1.82, 2.24) is 14.8 Å². The van der Waals surface area contributed by atoms with E-state index in [0.717, 1.165) is 22.4 Å². The molecular weight excluding hydrogens is 348 g/mol. The van der Waals surface area contributed by atoms with Crippen LogP contribution in [0.1, 0.15) is 17.0 Å². The first-order valence-corrected chi connectivity index (χ1v) is 9.90. The second kappa shape index (κ2) is 5.95. The first-order chi connectivity index (χ1) is 12.4. The Bertz CT molecular complexity index is 1090. The third-order valence-corrected chi connectivity index (χ3v) is 7.00. The topological polar surface area (TPSA) is 68.1 Å². The molecule has 0 fully saturated rings. The van der Waals surface area contributed by atoms with Crippen molar-refractivity contribution in [3.8, 4) is 11.1 Å². The highest BCUT2D eigenvalue weighted by molar-refractivity contribution is 7.93. The van der Waals surface area contributed by atoms with Crippen molar-refractivity contribution in [2.45, 2.75) is 25.2 Å². The first kappa shape index (κ1) is 16.8. The van der Waals surface area contributed by atoms with Gasteiger partial charge in [0.25, 0.3) is 10.0 Å². The van der Waals surface area contributed by atoms with Gasteiger partial charge in [-0.1, -0.05) is 6.07 Å². The van der Waals surface area contributed by atoms with Crippen LogP contribution in [0.2, 0.25) is 0 Å². The van der Waals surface area contributed by atoms with Crippen LogP contribution in [0.4, 0.5) is 5.69 Å². The number of pyridine rings is 1. The normalized spacial score (nSPS) is 13.9. The number of aromatic nitrogens is 3. The molecule has 0 spiro atoms. The molecule has 3 heterocycles. The van der Waals surface area contributed by atoms with Crippen LogP contribution in [0.15, 0.2) is 47.6 Å². The summed E-state index contributed by atoms with van der Waals surface area (Å²) in [6.07, 6.45) is 4.21. The molecule has 0 unspecified atom stereocenters. The zero-order valence-corrected chi connectivity index (χ0v) is 15.8. The Hall–Kier alpha value is -2.67. The lowest BCUT2D eigenvalue weighted by Gasteiger charge is -2.20. The highest BCUT2D eigenvalue weighted by atomic mass is 32.2. The molecular formula is C19H20N4O2S. The Morgan fingerprint density at radius 1 is 1.04 bits per heavy atom. The average Bonchev–Trinajstić information content (AvgIpc) is 3.16. The van der Waals surface area contributed by atoms with Crippen LogP contribution >= 0.6 is 0 Å².